The second-order valence-corrected chi connectivity index (χ2v) is 5.64. The largest absolute Gasteiger partial charge is 0.396 e. The van der Waals surface area contributed by atoms with Crippen molar-refractivity contribution >= 4 is 5.91 Å². The summed E-state index contributed by atoms with van der Waals surface area (Å²) in [7, 11) is 0. The number of amides is 1. The molecule has 82 valence electrons. The highest BCUT2D eigenvalue weighted by atomic mass is 16.3. The first-order valence-corrected chi connectivity index (χ1v) is 5.15. The molecule has 1 aliphatic heterocycles. The maximum absolute atomic E-state index is 11.8. The second-order valence-electron chi connectivity index (χ2n) is 5.64. The molecule has 0 aromatic heterocycles. The molecule has 0 saturated carbocycles. The van der Waals surface area contributed by atoms with E-state index >= 15 is 0 Å². The average molecular weight is 199 g/mol. The fourth-order valence-electron chi connectivity index (χ4n) is 2.58. The Morgan fingerprint density at radius 2 is 2.00 bits per heavy atom. The molecule has 1 heterocycles. The van der Waals surface area contributed by atoms with Gasteiger partial charge >= 0.3 is 0 Å². The van der Waals surface area contributed by atoms with Crippen molar-refractivity contribution < 1.29 is 9.90 Å². The first-order valence-electron chi connectivity index (χ1n) is 5.15. The summed E-state index contributed by atoms with van der Waals surface area (Å²) in [6, 6.07) is 0. The molecule has 0 bridgehead atoms. The zero-order valence-electron chi connectivity index (χ0n) is 9.79. The molecule has 0 spiro atoms. The summed E-state index contributed by atoms with van der Waals surface area (Å²) in [4.78, 5) is 13.7. The summed E-state index contributed by atoms with van der Waals surface area (Å²) < 4.78 is 0. The summed E-state index contributed by atoms with van der Waals surface area (Å²) in [6.07, 6.45) is 0.473. The molecule has 0 aromatic carbocycles. The highest BCUT2D eigenvalue weighted by Crippen LogP contribution is 2.39. The van der Waals surface area contributed by atoms with Crippen LogP contribution < -0.4 is 0 Å². The van der Waals surface area contributed by atoms with Crippen LogP contribution in [0.15, 0.2) is 0 Å². The lowest BCUT2D eigenvalue weighted by Gasteiger charge is -2.44. The van der Waals surface area contributed by atoms with Gasteiger partial charge in [0.2, 0.25) is 5.91 Å². The third kappa shape index (κ3) is 1.65. The van der Waals surface area contributed by atoms with E-state index in [2.05, 4.69) is 0 Å². The number of hydrogen-bond acceptors (Lipinski definition) is 2. The lowest BCUT2D eigenvalue weighted by atomic mass is 9.87. The summed E-state index contributed by atoms with van der Waals surface area (Å²) in [5, 5.41) is 9.22. The monoisotopic (exact) mass is 199 g/mol. The molecule has 1 saturated heterocycles. The topological polar surface area (TPSA) is 40.5 Å². The Labute approximate surface area is 86.1 Å². The lowest BCUT2D eigenvalue weighted by Crippen LogP contribution is -2.54. The van der Waals surface area contributed by atoms with Crippen molar-refractivity contribution in [3.05, 3.63) is 0 Å². The SMILES string of the molecule is CC(C)(C)N1C(=O)CC(CO)C1(C)C. The van der Waals surface area contributed by atoms with E-state index in [0.29, 0.717) is 6.42 Å². The summed E-state index contributed by atoms with van der Waals surface area (Å²) in [5.74, 6) is 0.218. The van der Waals surface area contributed by atoms with Gasteiger partial charge in [-0.2, -0.15) is 0 Å². The molecule has 1 atom stereocenters. The maximum atomic E-state index is 11.8. The molecule has 3 nitrogen and oxygen atoms in total. The van der Waals surface area contributed by atoms with Crippen molar-refractivity contribution in [2.75, 3.05) is 6.61 Å². The second kappa shape index (κ2) is 3.23. The molecule has 1 unspecified atom stereocenters. The van der Waals surface area contributed by atoms with Gasteiger partial charge in [0.1, 0.15) is 0 Å². The van der Waals surface area contributed by atoms with Gasteiger partial charge in [-0.15, -0.1) is 0 Å². The average Bonchev–Trinajstić information content (AvgIpc) is 2.18. The fourth-order valence-corrected chi connectivity index (χ4v) is 2.58. The van der Waals surface area contributed by atoms with Crippen LogP contribution in [-0.4, -0.2) is 33.6 Å². The van der Waals surface area contributed by atoms with E-state index < -0.39 is 0 Å². The number of carbonyl (C=O) groups is 1. The molecule has 1 rings (SSSR count). The molecule has 0 radical (unpaired) electrons. The Balaban J connectivity index is 3.02. The van der Waals surface area contributed by atoms with Crippen LogP contribution in [0.25, 0.3) is 0 Å². The quantitative estimate of drug-likeness (QED) is 0.693. The molecule has 14 heavy (non-hydrogen) atoms. The number of hydrogen-bond donors (Lipinski definition) is 1. The van der Waals surface area contributed by atoms with E-state index in [4.69, 9.17) is 0 Å². The minimum absolute atomic E-state index is 0.0641. The molecular formula is C11H21NO2. The van der Waals surface area contributed by atoms with E-state index in [1.54, 1.807) is 0 Å². The van der Waals surface area contributed by atoms with Crippen molar-refractivity contribution in [3.63, 3.8) is 0 Å². The van der Waals surface area contributed by atoms with Gasteiger partial charge in [-0.3, -0.25) is 4.79 Å². The van der Waals surface area contributed by atoms with Crippen LogP contribution >= 0.6 is 0 Å². The number of carbonyl (C=O) groups excluding carboxylic acids is 1. The van der Waals surface area contributed by atoms with E-state index in [1.165, 1.54) is 0 Å². The van der Waals surface area contributed by atoms with Crippen molar-refractivity contribution in [1.82, 2.24) is 4.90 Å². The Hall–Kier alpha value is -0.570. The van der Waals surface area contributed by atoms with Gasteiger partial charge in [0.05, 0.1) is 0 Å². The van der Waals surface area contributed by atoms with E-state index in [9.17, 15) is 9.90 Å². The van der Waals surface area contributed by atoms with Crippen LogP contribution in [0, 0.1) is 5.92 Å². The number of nitrogens with zero attached hydrogens (tertiary/aromatic N) is 1. The summed E-state index contributed by atoms with van der Waals surface area (Å²) in [5.41, 5.74) is -0.394. The Morgan fingerprint density at radius 1 is 1.50 bits per heavy atom. The van der Waals surface area contributed by atoms with E-state index in [0.717, 1.165) is 0 Å². The van der Waals surface area contributed by atoms with E-state index in [-0.39, 0.29) is 29.5 Å². The van der Waals surface area contributed by atoms with Gasteiger partial charge in [0.25, 0.3) is 0 Å². The Bertz CT molecular complexity index is 240. The predicted octanol–water partition coefficient (Wildman–Crippen LogP) is 1.40. The van der Waals surface area contributed by atoms with E-state index in [1.807, 2.05) is 39.5 Å². The third-order valence-electron chi connectivity index (χ3n) is 3.14. The first-order chi connectivity index (χ1) is 6.21. The third-order valence-corrected chi connectivity index (χ3v) is 3.14. The Kier molecular flexibility index (Phi) is 2.65. The van der Waals surface area contributed by atoms with Crippen LogP contribution in [0.1, 0.15) is 41.0 Å². The lowest BCUT2D eigenvalue weighted by molar-refractivity contribution is -0.136. The minimum atomic E-state index is -0.232. The highest BCUT2D eigenvalue weighted by Gasteiger charge is 2.49. The number of aliphatic hydroxyl groups is 1. The number of likely N-dealkylation sites (tertiary alicyclic amines) is 1. The normalized spacial score (nSPS) is 27.1. The van der Waals surface area contributed by atoms with Crippen LogP contribution in [0.2, 0.25) is 0 Å². The van der Waals surface area contributed by atoms with Crippen molar-refractivity contribution in [1.29, 1.82) is 0 Å². The van der Waals surface area contributed by atoms with Gasteiger partial charge in [-0.1, -0.05) is 0 Å². The van der Waals surface area contributed by atoms with Crippen molar-refractivity contribution in [3.8, 4) is 0 Å². The van der Waals surface area contributed by atoms with Crippen LogP contribution in [0.3, 0.4) is 0 Å². The Morgan fingerprint density at radius 3 is 2.21 bits per heavy atom. The molecule has 0 aliphatic carbocycles. The molecule has 0 aromatic rings. The van der Waals surface area contributed by atoms with Gasteiger partial charge in [-0.25, -0.2) is 0 Å². The van der Waals surface area contributed by atoms with Crippen LogP contribution in [-0.2, 0) is 4.79 Å². The van der Waals surface area contributed by atoms with Crippen LogP contribution in [0.4, 0.5) is 0 Å². The van der Waals surface area contributed by atoms with Gasteiger partial charge in [0.15, 0.2) is 0 Å². The van der Waals surface area contributed by atoms with Crippen molar-refractivity contribution in [2.45, 2.75) is 52.1 Å². The number of rotatable bonds is 1. The molecule has 1 N–H and O–H groups in total. The zero-order valence-corrected chi connectivity index (χ0v) is 9.79. The maximum Gasteiger partial charge on any atom is 0.223 e. The molecule has 1 fully saturated rings. The standard InChI is InChI=1S/C11H21NO2/c1-10(2,3)12-9(14)6-8(7-13)11(12,4)5/h8,13H,6-7H2,1-5H3. The molecule has 3 heteroatoms. The molecule has 1 aliphatic rings. The summed E-state index contributed by atoms with van der Waals surface area (Å²) in [6.45, 7) is 10.3. The van der Waals surface area contributed by atoms with Crippen LogP contribution in [0.5, 0.6) is 0 Å². The van der Waals surface area contributed by atoms with Gasteiger partial charge in [0, 0.05) is 30.0 Å². The zero-order chi connectivity index (χ0) is 11.1. The van der Waals surface area contributed by atoms with Gasteiger partial charge < -0.3 is 10.0 Å². The smallest absolute Gasteiger partial charge is 0.223 e. The fraction of sp³-hybridized carbons (Fsp3) is 0.909. The molecular weight excluding hydrogens is 178 g/mol. The van der Waals surface area contributed by atoms with Crippen molar-refractivity contribution in [2.24, 2.45) is 5.92 Å². The highest BCUT2D eigenvalue weighted by molar-refractivity contribution is 5.81. The first kappa shape index (κ1) is 11.5. The summed E-state index contributed by atoms with van der Waals surface area (Å²) >= 11 is 0. The molecule has 1 amide bonds. The van der Waals surface area contributed by atoms with Gasteiger partial charge in [-0.05, 0) is 34.6 Å². The minimum Gasteiger partial charge on any atom is -0.396 e. The predicted molar refractivity (Wildman–Crippen MR) is 55.9 cm³/mol. The number of aliphatic hydroxyl groups excluding tert-OH is 1.